The van der Waals surface area contributed by atoms with Gasteiger partial charge in [0.15, 0.2) is 0 Å². The molecule has 1 fully saturated rings. The maximum absolute atomic E-state index is 9.14. The predicted molar refractivity (Wildman–Crippen MR) is 82.9 cm³/mol. The Balaban J connectivity index is 1.72. The lowest BCUT2D eigenvalue weighted by atomic mass is 9.83. The summed E-state index contributed by atoms with van der Waals surface area (Å²) in [6.07, 6.45) is 10.6. The van der Waals surface area contributed by atoms with Gasteiger partial charge in [0, 0.05) is 23.3 Å². The van der Waals surface area contributed by atoms with Gasteiger partial charge in [-0.15, -0.1) is 0 Å². The number of aromatic nitrogens is 2. The number of aliphatic hydroxyl groups excluding tert-OH is 1. The number of aliphatic hydroxyl groups is 1. The van der Waals surface area contributed by atoms with Crippen LogP contribution >= 0.6 is 0 Å². The highest BCUT2D eigenvalue weighted by molar-refractivity contribution is 5.25. The van der Waals surface area contributed by atoms with Gasteiger partial charge in [0.25, 0.3) is 0 Å². The van der Waals surface area contributed by atoms with Crippen LogP contribution in [0.2, 0.25) is 0 Å². The van der Waals surface area contributed by atoms with Crippen LogP contribution in [0.3, 0.4) is 0 Å². The Morgan fingerprint density at radius 1 is 1.29 bits per heavy atom. The van der Waals surface area contributed by atoms with E-state index in [1.54, 1.807) is 0 Å². The van der Waals surface area contributed by atoms with Crippen molar-refractivity contribution in [2.45, 2.75) is 63.6 Å². The Morgan fingerprint density at radius 2 is 2.14 bits per heavy atom. The molecule has 2 aliphatic rings. The fraction of sp³-hybridized carbons (Fsp3) is 0.812. The predicted octanol–water partition coefficient (Wildman–Crippen LogP) is 1.36. The van der Waals surface area contributed by atoms with E-state index in [2.05, 4.69) is 10.4 Å². The van der Waals surface area contributed by atoms with Gasteiger partial charge in [0.1, 0.15) is 0 Å². The van der Waals surface area contributed by atoms with Gasteiger partial charge in [-0.25, -0.2) is 0 Å². The first-order valence-electron chi connectivity index (χ1n) is 8.45. The standard InChI is InChI=1S/C16H28N4O/c17-10-12-4-1-2-5-14(12)19-15-6-3-7-16-13(15)11-18-20(16)8-9-21/h11-12,14-15,19,21H,1-10,17H2. The molecule has 0 saturated heterocycles. The first-order chi connectivity index (χ1) is 10.3. The molecule has 118 valence electrons. The van der Waals surface area contributed by atoms with E-state index in [4.69, 9.17) is 10.8 Å². The maximum atomic E-state index is 9.14. The second-order valence-corrected chi connectivity index (χ2v) is 6.49. The van der Waals surface area contributed by atoms with Gasteiger partial charge in [-0.05, 0) is 44.6 Å². The maximum Gasteiger partial charge on any atom is 0.0644 e. The zero-order valence-corrected chi connectivity index (χ0v) is 12.8. The molecule has 3 rings (SSSR count). The summed E-state index contributed by atoms with van der Waals surface area (Å²) in [5.41, 5.74) is 8.61. The van der Waals surface area contributed by atoms with Gasteiger partial charge >= 0.3 is 0 Å². The summed E-state index contributed by atoms with van der Waals surface area (Å²) in [5.74, 6) is 0.622. The van der Waals surface area contributed by atoms with Gasteiger partial charge in [-0.3, -0.25) is 4.68 Å². The molecule has 0 aromatic carbocycles. The third-order valence-electron chi connectivity index (χ3n) is 5.20. The van der Waals surface area contributed by atoms with Crippen molar-refractivity contribution >= 4 is 0 Å². The monoisotopic (exact) mass is 292 g/mol. The molecule has 5 nitrogen and oxygen atoms in total. The van der Waals surface area contributed by atoms with E-state index >= 15 is 0 Å². The number of hydrogen-bond acceptors (Lipinski definition) is 4. The number of hydrogen-bond donors (Lipinski definition) is 3. The summed E-state index contributed by atoms with van der Waals surface area (Å²) in [6.45, 7) is 1.56. The molecule has 1 heterocycles. The minimum absolute atomic E-state index is 0.157. The smallest absolute Gasteiger partial charge is 0.0644 e. The van der Waals surface area contributed by atoms with Gasteiger partial charge in [-0.2, -0.15) is 5.10 Å². The molecule has 4 N–H and O–H groups in total. The zero-order chi connectivity index (χ0) is 14.7. The van der Waals surface area contributed by atoms with E-state index in [0.29, 0.717) is 24.5 Å². The van der Waals surface area contributed by atoms with E-state index in [-0.39, 0.29) is 6.61 Å². The molecule has 3 atom stereocenters. The Morgan fingerprint density at radius 3 is 2.95 bits per heavy atom. The highest BCUT2D eigenvalue weighted by Gasteiger charge is 2.30. The molecule has 0 aliphatic heterocycles. The summed E-state index contributed by atoms with van der Waals surface area (Å²) in [7, 11) is 0. The van der Waals surface area contributed by atoms with Gasteiger partial charge in [-0.1, -0.05) is 12.8 Å². The van der Waals surface area contributed by atoms with Crippen LogP contribution in [-0.4, -0.2) is 34.1 Å². The van der Waals surface area contributed by atoms with Crippen LogP contribution in [0.5, 0.6) is 0 Å². The topological polar surface area (TPSA) is 76.1 Å². The first-order valence-corrected chi connectivity index (χ1v) is 8.45. The Kier molecular flexibility index (Phi) is 4.93. The lowest BCUT2D eigenvalue weighted by Gasteiger charge is -2.36. The quantitative estimate of drug-likeness (QED) is 0.766. The Hall–Kier alpha value is -0.910. The van der Waals surface area contributed by atoms with Crippen LogP contribution in [0, 0.1) is 5.92 Å². The molecule has 1 aromatic rings. The highest BCUT2D eigenvalue weighted by atomic mass is 16.3. The van der Waals surface area contributed by atoms with Crippen molar-refractivity contribution in [3.63, 3.8) is 0 Å². The van der Waals surface area contributed by atoms with Crippen LogP contribution in [-0.2, 0) is 13.0 Å². The fourth-order valence-corrected chi connectivity index (χ4v) is 4.05. The van der Waals surface area contributed by atoms with Crippen molar-refractivity contribution in [3.8, 4) is 0 Å². The Labute approximate surface area is 126 Å². The van der Waals surface area contributed by atoms with E-state index in [9.17, 15) is 0 Å². The Bertz CT molecular complexity index is 459. The molecule has 21 heavy (non-hydrogen) atoms. The molecule has 0 amide bonds. The van der Waals surface area contributed by atoms with Crippen LogP contribution in [0.15, 0.2) is 6.20 Å². The lowest BCUT2D eigenvalue weighted by molar-refractivity contribution is 0.238. The first kappa shape index (κ1) is 15.0. The van der Waals surface area contributed by atoms with E-state index < -0.39 is 0 Å². The highest BCUT2D eigenvalue weighted by Crippen LogP contribution is 2.32. The molecular weight excluding hydrogens is 264 g/mol. The summed E-state index contributed by atoms with van der Waals surface area (Å²) in [5, 5.41) is 17.5. The average Bonchev–Trinajstić information content (AvgIpc) is 2.93. The van der Waals surface area contributed by atoms with Crippen molar-refractivity contribution in [2.24, 2.45) is 11.7 Å². The molecule has 0 bridgehead atoms. The molecule has 1 aromatic heterocycles. The fourth-order valence-electron chi connectivity index (χ4n) is 4.05. The third kappa shape index (κ3) is 3.15. The molecule has 5 heteroatoms. The summed E-state index contributed by atoms with van der Waals surface area (Å²) in [6, 6.07) is 0.972. The molecule has 3 unspecified atom stereocenters. The van der Waals surface area contributed by atoms with Crippen molar-refractivity contribution in [3.05, 3.63) is 17.5 Å². The molecule has 2 aliphatic carbocycles. The second kappa shape index (κ2) is 6.90. The third-order valence-corrected chi connectivity index (χ3v) is 5.20. The number of nitrogens with one attached hydrogen (secondary N) is 1. The van der Waals surface area contributed by atoms with Crippen LogP contribution in [0.1, 0.15) is 55.8 Å². The van der Waals surface area contributed by atoms with Crippen molar-refractivity contribution < 1.29 is 5.11 Å². The number of fused-ring (bicyclic) bond motifs is 1. The lowest BCUT2D eigenvalue weighted by Crippen LogP contribution is -2.44. The van der Waals surface area contributed by atoms with Crippen molar-refractivity contribution in [2.75, 3.05) is 13.2 Å². The van der Waals surface area contributed by atoms with Crippen LogP contribution in [0.25, 0.3) is 0 Å². The molecule has 0 radical (unpaired) electrons. The average molecular weight is 292 g/mol. The number of rotatable bonds is 5. The van der Waals surface area contributed by atoms with Crippen LogP contribution < -0.4 is 11.1 Å². The van der Waals surface area contributed by atoms with E-state index in [1.165, 1.54) is 49.8 Å². The summed E-state index contributed by atoms with van der Waals surface area (Å²) >= 11 is 0. The van der Waals surface area contributed by atoms with Crippen LogP contribution in [0.4, 0.5) is 0 Å². The van der Waals surface area contributed by atoms with Crippen molar-refractivity contribution in [1.29, 1.82) is 0 Å². The minimum Gasteiger partial charge on any atom is -0.394 e. The van der Waals surface area contributed by atoms with Crippen molar-refractivity contribution in [1.82, 2.24) is 15.1 Å². The minimum atomic E-state index is 0.157. The second-order valence-electron chi connectivity index (χ2n) is 6.49. The van der Waals surface area contributed by atoms with E-state index in [1.807, 2.05) is 10.9 Å². The normalized spacial score (nSPS) is 29.3. The summed E-state index contributed by atoms with van der Waals surface area (Å²) in [4.78, 5) is 0. The van der Waals surface area contributed by atoms with Gasteiger partial charge < -0.3 is 16.2 Å². The zero-order valence-electron chi connectivity index (χ0n) is 12.8. The summed E-state index contributed by atoms with van der Waals surface area (Å²) < 4.78 is 1.98. The SMILES string of the molecule is NCC1CCCCC1NC1CCCc2c1cnn2CCO. The van der Waals surface area contributed by atoms with E-state index in [0.717, 1.165) is 13.0 Å². The van der Waals surface area contributed by atoms with Gasteiger partial charge in [0.2, 0.25) is 0 Å². The largest absolute Gasteiger partial charge is 0.394 e. The molecular formula is C16H28N4O. The number of nitrogens with zero attached hydrogens (tertiary/aromatic N) is 2. The molecule has 0 spiro atoms. The number of nitrogens with two attached hydrogens (primary N) is 1. The van der Waals surface area contributed by atoms with Gasteiger partial charge in [0.05, 0.1) is 19.3 Å². The molecule has 1 saturated carbocycles.